The highest BCUT2D eigenvalue weighted by molar-refractivity contribution is 5.82. The van der Waals surface area contributed by atoms with Crippen molar-refractivity contribution in [3.8, 4) is 11.5 Å². The molecular formula is C23H24F3NO3. The van der Waals surface area contributed by atoms with Crippen molar-refractivity contribution in [2.24, 2.45) is 5.92 Å². The summed E-state index contributed by atoms with van der Waals surface area (Å²) in [6, 6.07) is 13.6. The second-order valence-corrected chi connectivity index (χ2v) is 7.13. The second kappa shape index (κ2) is 9.24. The van der Waals surface area contributed by atoms with Crippen LogP contribution in [0.2, 0.25) is 0 Å². The van der Waals surface area contributed by atoms with Crippen molar-refractivity contribution in [1.29, 1.82) is 0 Å². The minimum atomic E-state index is -4.97. The first-order valence-electron chi connectivity index (χ1n) is 9.70. The molecule has 1 aliphatic rings. The van der Waals surface area contributed by atoms with Crippen molar-refractivity contribution in [3.63, 3.8) is 0 Å². The maximum atomic E-state index is 13.1. The summed E-state index contributed by atoms with van der Waals surface area (Å²) in [6.45, 7) is 0. The van der Waals surface area contributed by atoms with Crippen molar-refractivity contribution < 1.29 is 27.4 Å². The average Bonchev–Trinajstić information content (AvgIpc) is 2.76. The van der Waals surface area contributed by atoms with Crippen LogP contribution in [0.5, 0.6) is 11.5 Å². The maximum Gasteiger partial charge on any atom is 0.471 e. The minimum absolute atomic E-state index is 0.314. The number of ether oxygens (including phenoxy) is 2. The molecule has 1 N–H and O–H groups in total. The molecule has 0 saturated heterocycles. The number of rotatable bonds is 6. The Hall–Kier alpha value is -2.96. The Kier molecular flexibility index (Phi) is 6.70. The van der Waals surface area contributed by atoms with E-state index in [1.165, 1.54) is 14.2 Å². The van der Waals surface area contributed by atoms with E-state index < -0.39 is 18.1 Å². The fraction of sp³-hybridized carbons (Fsp3) is 0.348. The van der Waals surface area contributed by atoms with Gasteiger partial charge in [-0.05, 0) is 48.1 Å². The Balaban J connectivity index is 2.06. The van der Waals surface area contributed by atoms with E-state index in [0.717, 1.165) is 24.0 Å². The van der Waals surface area contributed by atoms with Crippen LogP contribution in [0.15, 0.2) is 54.6 Å². The average molecular weight is 419 g/mol. The zero-order chi connectivity index (χ0) is 21.7. The molecule has 2 aromatic rings. The van der Waals surface area contributed by atoms with Crippen molar-refractivity contribution in [2.75, 3.05) is 14.2 Å². The largest absolute Gasteiger partial charge is 0.493 e. The number of nitrogens with one attached hydrogen (secondary N) is 1. The van der Waals surface area contributed by atoms with Crippen molar-refractivity contribution in [1.82, 2.24) is 5.32 Å². The number of carbonyl (C=O) groups is 1. The summed E-state index contributed by atoms with van der Waals surface area (Å²) in [7, 11) is 2.94. The molecule has 0 radical (unpaired) electrons. The van der Waals surface area contributed by atoms with Crippen LogP contribution in [-0.4, -0.2) is 26.3 Å². The molecule has 30 heavy (non-hydrogen) atoms. The number of allylic oxidation sites excluding steroid dienone is 1. The lowest BCUT2D eigenvalue weighted by atomic mass is 9.77. The minimum Gasteiger partial charge on any atom is -0.493 e. The van der Waals surface area contributed by atoms with Crippen molar-refractivity contribution >= 4 is 11.5 Å². The number of carbonyl (C=O) groups excluding carboxylic acids is 1. The molecule has 0 saturated carbocycles. The predicted octanol–water partition coefficient (Wildman–Crippen LogP) is 5.31. The van der Waals surface area contributed by atoms with Gasteiger partial charge in [-0.25, -0.2) is 0 Å². The number of alkyl halides is 3. The number of hydrogen-bond donors (Lipinski definition) is 1. The molecule has 0 aliphatic heterocycles. The lowest BCUT2D eigenvalue weighted by Gasteiger charge is -2.33. The molecule has 0 aromatic heterocycles. The quantitative estimate of drug-likeness (QED) is 0.691. The normalized spacial score (nSPS) is 17.6. The Morgan fingerprint density at radius 3 is 2.40 bits per heavy atom. The maximum absolute atomic E-state index is 13.1. The Morgan fingerprint density at radius 1 is 1.07 bits per heavy atom. The Morgan fingerprint density at radius 2 is 1.77 bits per heavy atom. The van der Waals surface area contributed by atoms with Gasteiger partial charge in [0.1, 0.15) is 0 Å². The smallest absolute Gasteiger partial charge is 0.471 e. The second-order valence-electron chi connectivity index (χ2n) is 7.13. The lowest BCUT2D eigenvalue weighted by Crippen LogP contribution is -2.42. The molecule has 2 aromatic carbocycles. The van der Waals surface area contributed by atoms with Gasteiger partial charge in [-0.15, -0.1) is 0 Å². The van der Waals surface area contributed by atoms with E-state index in [1.807, 2.05) is 30.3 Å². The predicted molar refractivity (Wildman–Crippen MR) is 108 cm³/mol. The van der Waals surface area contributed by atoms with Gasteiger partial charge >= 0.3 is 12.1 Å². The highest BCUT2D eigenvalue weighted by atomic mass is 19.4. The van der Waals surface area contributed by atoms with Crippen LogP contribution in [-0.2, 0) is 4.79 Å². The Labute approximate surface area is 173 Å². The van der Waals surface area contributed by atoms with Gasteiger partial charge in [-0.2, -0.15) is 13.2 Å². The molecule has 2 atom stereocenters. The molecule has 0 fully saturated rings. The van der Waals surface area contributed by atoms with Gasteiger partial charge in [0.05, 0.1) is 20.3 Å². The third-order valence-electron chi connectivity index (χ3n) is 5.30. The van der Waals surface area contributed by atoms with E-state index in [1.54, 1.807) is 18.2 Å². The molecule has 7 heteroatoms. The fourth-order valence-corrected chi connectivity index (χ4v) is 3.90. The van der Waals surface area contributed by atoms with Crippen LogP contribution in [0.3, 0.4) is 0 Å². The van der Waals surface area contributed by atoms with Crippen LogP contribution in [0.1, 0.15) is 36.4 Å². The first kappa shape index (κ1) is 21.7. The summed E-state index contributed by atoms with van der Waals surface area (Å²) >= 11 is 0. The lowest BCUT2D eigenvalue weighted by molar-refractivity contribution is -0.174. The Bertz CT molecular complexity index is 910. The number of benzene rings is 2. The zero-order valence-corrected chi connectivity index (χ0v) is 16.8. The van der Waals surface area contributed by atoms with E-state index >= 15 is 0 Å². The van der Waals surface area contributed by atoms with Crippen LogP contribution < -0.4 is 14.8 Å². The van der Waals surface area contributed by atoms with E-state index in [0.29, 0.717) is 23.5 Å². The molecule has 1 amide bonds. The molecule has 1 unspecified atom stereocenters. The molecule has 4 nitrogen and oxygen atoms in total. The summed E-state index contributed by atoms with van der Waals surface area (Å²) in [4.78, 5) is 11.9. The number of halogens is 3. The van der Waals surface area contributed by atoms with Crippen LogP contribution in [0.25, 0.3) is 5.57 Å². The zero-order valence-electron chi connectivity index (χ0n) is 16.8. The van der Waals surface area contributed by atoms with Crippen LogP contribution >= 0.6 is 0 Å². The topological polar surface area (TPSA) is 47.6 Å². The first-order valence-corrected chi connectivity index (χ1v) is 9.70. The monoisotopic (exact) mass is 419 g/mol. The molecule has 0 spiro atoms. The molecule has 0 bridgehead atoms. The van der Waals surface area contributed by atoms with Crippen LogP contribution in [0.4, 0.5) is 13.2 Å². The molecule has 1 aliphatic carbocycles. The molecule has 0 heterocycles. The van der Waals surface area contributed by atoms with Crippen LogP contribution in [0, 0.1) is 5.92 Å². The summed E-state index contributed by atoms with van der Waals surface area (Å²) in [5.41, 5.74) is 2.40. The highest BCUT2D eigenvalue weighted by Crippen LogP contribution is 2.42. The van der Waals surface area contributed by atoms with Gasteiger partial charge in [0.25, 0.3) is 0 Å². The van der Waals surface area contributed by atoms with Gasteiger partial charge < -0.3 is 14.8 Å². The third-order valence-corrected chi connectivity index (χ3v) is 5.30. The summed E-state index contributed by atoms with van der Waals surface area (Å²) < 4.78 is 49.9. The molecule has 3 rings (SSSR count). The third kappa shape index (κ3) is 4.78. The van der Waals surface area contributed by atoms with E-state index in [2.05, 4.69) is 11.4 Å². The number of methoxy groups -OCH3 is 2. The van der Waals surface area contributed by atoms with E-state index in [-0.39, 0.29) is 5.92 Å². The van der Waals surface area contributed by atoms with Gasteiger partial charge in [-0.3, -0.25) is 4.79 Å². The molecule has 160 valence electrons. The number of amides is 1. The SMILES string of the molecule is COc1ccc([C@@H](NC(=O)C(F)(F)F)C2CCCC=C2c2ccccc2)cc1OC. The fourth-order valence-electron chi connectivity index (χ4n) is 3.90. The standard InChI is InChI=1S/C23H24F3NO3/c1-29-19-13-12-16(14-20(19)30-2)21(27-22(28)23(24,25)26)18-11-7-6-10-17(18)15-8-4-3-5-9-15/h3-5,8-10,12-14,18,21H,6-7,11H2,1-2H3,(H,27,28)/t18?,21-/m1/s1. The van der Waals surface area contributed by atoms with E-state index in [9.17, 15) is 18.0 Å². The van der Waals surface area contributed by atoms with Gasteiger partial charge in [-0.1, -0.05) is 42.5 Å². The number of hydrogen-bond acceptors (Lipinski definition) is 3. The summed E-state index contributed by atoms with van der Waals surface area (Å²) in [5.74, 6) is -1.42. The highest BCUT2D eigenvalue weighted by Gasteiger charge is 2.42. The first-order chi connectivity index (χ1) is 14.3. The summed E-state index contributed by atoms with van der Waals surface area (Å²) in [5, 5.41) is 2.23. The van der Waals surface area contributed by atoms with Gasteiger partial charge in [0.15, 0.2) is 11.5 Å². The van der Waals surface area contributed by atoms with Crippen molar-refractivity contribution in [2.45, 2.75) is 31.5 Å². The van der Waals surface area contributed by atoms with E-state index in [4.69, 9.17) is 9.47 Å². The molecular weight excluding hydrogens is 395 g/mol. The van der Waals surface area contributed by atoms with Gasteiger partial charge in [0.2, 0.25) is 0 Å². The summed E-state index contributed by atoms with van der Waals surface area (Å²) in [6.07, 6.45) is -0.603. The van der Waals surface area contributed by atoms with Crippen molar-refractivity contribution in [3.05, 3.63) is 65.7 Å². The van der Waals surface area contributed by atoms with Gasteiger partial charge in [0, 0.05) is 5.92 Å².